The molecule has 0 aromatic rings. The molecule has 0 amide bonds. The van der Waals surface area contributed by atoms with Gasteiger partial charge in [-0.25, -0.2) is 0 Å². The van der Waals surface area contributed by atoms with E-state index in [0.717, 1.165) is 54.5 Å². The van der Waals surface area contributed by atoms with Gasteiger partial charge in [0.1, 0.15) is 0 Å². The molecule has 1 nitrogen and oxygen atoms in total. The van der Waals surface area contributed by atoms with E-state index in [9.17, 15) is 0 Å². The first-order chi connectivity index (χ1) is 15.7. The lowest BCUT2D eigenvalue weighted by molar-refractivity contribution is -0.0612. The highest BCUT2D eigenvalue weighted by Gasteiger charge is 2.59. The van der Waals surface area contributed by atoms with Crippen molar-refractivity contribution in [3.63, 3.8) is 0 Å². The van der Waals surface area contributed by atoms with E-state index in [4.69, 9.17) is 4.74 Å². The van der Waals surface area contributed by atoms with Crippen molar-refractivity contribution in [2.45, 2.75) is 119 Å². The summed E-state index contributed by atoms with van der Waals surface area (Å²) in [6.07, 6.45) is 21.8. The number of fused-ring (bicyclic) bond motifs is 5. The third kappa shape index (κ3) is 4.66. The third-order valence-corrected chi connectivity index (χ3v) is 11.3. The fraction of sp³-hybridized carbons (Fsp3) is 0.875. The molecule has 0 N–H and O–H groups in total. The minimum atomic E-state index is 0.450. The number of hydrogen-bond acceptors (Lipinski definition) is 1. The van der Waals surface area contributed by atoms with Gasteiger partial charge in [0.2, 0.25) is 0 Å². The molecule has 0 aliphatic heterocycles. The number of hydrogen-bond donors (Lipinski definition) is 0. The van der Waals surface area contributed by atoms with Gasteiger partial charge in [0, 0.05) is 6.61 Å². The van der Waals surface area contributed by atoms with Crippen molar-refractivity contribution in [2.75, 3.05) is 6.61 Å². The van der Waals surface area contributed by atoms with E-state index in [1.54, 1.807) is 5.57 Å². The maximum atomic E-state index is 6.20. The minimum absolute atomic E-state index is 0.450. The first kappa shape index (κ1) is 25.5. The molecule has 0 aromatic heterocycles. The van der Waals surface area contributed by atoms with Gasteiger partial charge in [0.15, 0.2) is 0 Å². The van der Waals surface area contributed by atoms with Crippen LogP contribution in [0.15, 0.2) is 23.8 Å². The first-order valence-electron chi connectivity index (χ1n) is 14.7. The summed E-state index contributed by atoms with van der Waals surface area (Å²) < 4.78 is 6.20. The average Bonchev–Trinajstić information content (AvgIpc) is 3.15. The Morgan fingerprint density at radius 1 is 1.00 bits per heavy atom. The standard InChI is InChI=1S/C32H54O/c1-8-20-33-26-16-18-31(6)25(21-26)12-13-27-29-15-14-28(32(29,7)19-17-30(27)31)23(5)10-11-24(9-2)22(3)4/h10-12,22-24,26-30H,8-9,13-21H2,1-7H3/b11-10+/t23-,24+,26-,27+,28+,29-,30+,31+,32-/m1/s1. The molecule has 0 radical (unpaired) electrons. The Kier molecular flexibility index (Phi) is 7.89. The smallest absolute Gasteiger partial charge is 0.0612 e. The molecular weight excluding hydrogens is 400 g/mol. The Bertz CT molecular complexity index is 718. The van der Waals surface area contributed by atoms with Crippen LogP contribution >= 0.6 is 0 Å². The van der Waals surface area contributed by atoms with Gasteiger partial charge >= 0.3 is 0 Å². The summed E-state index contributed by atoms with van der Waals surface area (Å²) in [6.45, 7) is 18.2. The number of ether oxygens (including phenoxy) is 1. The second-order valence-electron chi connectivity index (χ2n) is 13.3. The maximum Gasteiger partial charge on any atom is 0.0612 e. The van der Waals surface area contributed by atoms with Gasteiger partial charge in [0.25, 0.3) is 0 Å². The molecule has 3 fully saturated rings. The molecule has 0 bridgehead atoms. The molecule has 0 heterocycles. The van der Waals surface area contributed by atoms with Crippen LogP contribution in [0, 0.1) is 52.3 Å². The van der Waals surface area contributed by atoms with Crippen molar-refractivity contribution in [1.82, 2.24) is 0 Å². The van der Waals surface area contributed by atoms with Crippen LogP contribution in [-0.2, 0) is 4.74 Å². The van der Waals surface area contributed by atoms with Gasteiger partial charge in [-0.2, -0.15) is 0 Å². The Balaban J connectivity index is 1.48. The predicted octanol–water partition coefficient (Wildman–Crippen LogP) is 9.24. The van der Waals surface area contributed by atoms with E-state index in [2.05, 4.69) is 66.7 Å². The molecule has 1 heteroatoms. The highest BCUT2D eigenvalue weighted by molar-refractivity contribution is 5.25. The Morgan fingerprint density at radius 3 is 2.48 bits per heavy atom. The molecule has 0 saturated heterocycles. The summed E-state index contributed by atoms with van der Waals surface area (Å²) >= 11 is 0. The number of rotatable bonds is 8. The quantitative estimate of drug-likeness (QED) is 0.332. The van der Waals surface area contributed by atoms with E-state index in [-0.39, 0.29) is 0 Å². The van der Waals surface area contributed by atoms with Gasteiger partial charge in [0.05, 0.1) is 6.10 Å². The lowest BCUT2D eigenvalue weighted by Gasteiger charge is -2.58. The van der Waals surface area contributed by atoms with Gasteiger partial charge in [-0.15, -0.1) is 0 Å². The summed E-state index contributed by atoms with van der Waals surface area (Å²) in [5.74, 6) is 5.87. The molecule has 0 spiro atoms. The van der Waals surface area contributed by atoms with Gasteiger partial charge in [-0.3, -0.25) is 0 Å². The SMILES string of the molecule is CCCO[C@@H]1CC[C@@]2(C)C(=CC[C@H]3[C@H]4CC[C@@H]([C@H](C)/C=C/[C@H](CC)C(C)C)[C@@]4(C)CC[C@@H]32)C1. The molecule has 3 saturated carbocycles. The van der Waals surface area contributed by atoms with Crippen molar-refractivity contribution in [2.24, 2.45) is 52.3 Å². The topological polar surface area (TPSA) is 9.23 Å². The molecule has 4 aliphatic carbocycles. The van der Waals surface area contributed by atoms with Crippen molar-refractivity contribution >= 4 is 0 Å². The van der Waals surface area contributed by atoms with Gasteiger partial charge in [-0.05, 0) is 116 Å². The first-order valence-corrected chi connectivity index (χ1v) is 14.7. The Labute approximate surface area is 206 Å². The van der Waals surface area contributed by atoms with Crippen LogP contribution < -0.4 is 0 Å². The molecule has 9 atom stereocenters. The van der Waals surface area contributed by atoms with Crippen LogP contribution in [0.5, 0.6) is 0 Å². The third-order valence-electron chi connectivity index (χ3n) is 11.3. The van der Waals surface area contributed by atoms with Gasteiger partial charge < -0.3 is 4.74 Å². The van der Waals surface area contributed by atoms with E-state index in [1.165, 1.54) is 57.8 Å². The Morgan fingerprint density at radius 2 is 1.79 bits per heavy atom. The minimum Gasteiger partial charge on any atom is -0.378 e. The normalized spacial score (nSPS) is 42.5. The largest absolute Gasteiger partial charge is 0.378 e. The van der Waals surface area contributed by atoms with Crippen LogP contribution in [0.1, 0.15) is 113 Å². The molecule has 0 unspecified atom stereocenters. The zero-order valence-corrected chi connectivity index (χ0v) is 23.0. The summed E-state index contributed by atoms with van der Waals surface area (Å²) in [5.41, 5.74) is 2.77. The highest BCUT2D eigenvalue weighted by atomic mass is 16.5. The van der Waals surface area contributed by atoms with Crippen molar-refractivity contribution in [3.05, 3.63) is 23.8 Å². The fourth-order valence-electron chi connectivity index (χ4n) is 9.24. The average molecular weight is 455 g/mol. The molecule has 4 rings (SSSR count). The second-order valence-corrected chi connectivity index (χ2v) is 13.3. The number of allylic oxidation sites excluding steroid dienone is 3. The second kappa shape index (κ2) is 10.2. The molecule has 0 aromatic carbocycles. The van der Waals surface area contributed by atoms with E-state index in [1.807, 2.05) is 0 Å². The van der Waals surface area contributed by atoms with Crippen LogP contribution in [-0.4, -0.2) is 12.7 Å². The van der Waals surface area contributed by atoms with E-state index >= 15 is 0 Å². The summed E-state index contributed by atoms with van der Waals surface area (Å²) in [5, 5.41) is 0. The zero-order chi connectivity index (χ0) is 23.8. The predicted molar refractivity (Wildman–Crippen MR) is 142 cm³/mol. The summed E-state index contributed by atoms with van der Waals surface area (Å²) in [4.78, 5) is 0. The zero-order valence-electron chi connectivity index (χ0n) is 23.0. The van der Waals surface area contributed by atoms with Crippen LogP contribution in [0.4, 0.5) is 0 Å². The fourth-order valence-corrected chi connectivity index (χ4v) is 9.24. The van der Waals surface area contributed by atoms with Crippen LogP contribution in [0.2, 0.25) is 0 Å². The summed E-state index contributed by atoms with van der Waals surface area (Å²) in [6, 6.07) is 0. The Hall–Kier alpha value is -0.560. The van der Waals surface area contributed by atoms with E-state index < -0.39 is 0 Å². The molecule has 4 aliphatic rings. The van der Waals surface area contributed by atoms with Crippen molar-refractivity contribution < 1.29 is 4.74 Å². The van der Waals surface area contributed by atoms with Gasteiger partial charge in [-0.1, -0.05) is 72.3 Å². The lowest BCUT2D eigenvalue weighted by atomic mass is 9.47. The van der Waals surface area contributed by atoms with Crippen LogP contribution in [0.25, 0.3) is 0 Å². The molecule has 33 heavy (non-hydrogen) atoms. The molecule has 188 valence electrons. The maximum absolute atomic E-state index is 6.20. The summed E-state index contributed by atoms with van der Waals surface area (Å²) in [7, 11) is 0. The molecular formula is C32H54O. The monoisotopic (exact) mass is 454 g/mol. The highest BCUT2D eigenvalue weighted by Crippen LogP contribution is 2.67. The van der Waals surface area contributed by atoms with Crippen molar-refractivity contribution in [1.29, 1.82) is 0 Å². The van der Waals surface area contributed by atoms with E-state index in [0.29, 0.717) is 16.9 Å². The van der Waals surface area contributed by atoms with Crippen LogP contribution in [0.3, 0.4) is 0 Å². The van der Waals surface area contributed by atoms with Crippen molar-refractivity contribution in [3.8, 4) is 0 Å². The lowest BCUT2D eigenvalue weighted by Crippen LogP contribution is -2.50.